The molecule has 0 N–H and O–H groups in total. The van der Waals surface area contributed by atoms with Gasteiger partial charge in [0.25, 0.3) is 0 Å². The highest BCUT2D eigenvalue weighted by atomic mass is 16.5. The van der Waals surface area contributed by atoms with Crippen LogP contribution in [0.2, 0.25) is 0 Å². The molecule has 1 heterocycles. The van der Waals surface area contributed by atoms with Crippen LogP contribution in [-0.4, -0.2) is 35.2 Å². The largest absolute Gasteiger partial charge is 0.494 e. The van der Waals surface area contributed by atoms with E-state index in [1.54, 1.807) is 19.2 Å². The first kappa shape index (κ1) is 11.1. The van der Waals surface area contributed by atoms with Crippen LogP contribution in [0.25, 0.3) is 5.69 Å². The molecule has 0 aliphatic carbocycles. The second-order valence-electron chi connectivity index (χ2n) is 3.18. The summed E-state index contributed by atoms with van der Waals surface area (Å²) in [5.41, 5.74) is 0.809. The minimum atomic E-state index is -0.522. The molecule has 0 atom stereocenters. The van der Waals surface area contributed by atoms with E-state index in [9.17, 15) is 4.79 Å². The molecule has 17 heavy (non-hydrogen) atoms. The fourth-order valence-corrected chi connectivity index (χ4v) is 1.37. The Labute approximate surface area is 97.8 Å². The number of ether oxygens (including phenoxy) is 2. The SMILES string of the molecule is COC(=O)c1cnn(-c2ccccc2OC)n1. The fourth-order valence-electron chi connectivity index (χ4n) is 1.37. The predicted molar refractivity (Wildman–Crippen MR) is 59.3 cm³/mol. The lowest BCUT2D eigenvalue weighted by atomic mass is 10.3. The summed E-state index contributed by atoms with van der Waals surface area (Å²) in [6.45, 7) is 0. The van der Waals surface area contributed by atoms with Crippen molar-refractivity contribution in [1.82, 2.24) is 15.0 Å². The molecular formula is C11H11N3O3. The van der Waals surface area contributed by atoms with Crippen LogP contribution in [0.4, 0.5) is 0 Å². The van der Waals surface area contributed by atoms with E-state index in [0.29, 0.717) is 11.4 Å². The predicted octanol–water partition coefficient (Wildman–Crippen LogP) is 1.06. The molecule has 0 amide bonds. The van der Waals surface area contributed by atoms with Gasteiger partial charge >= 0.3 is 5.97 Å². The molecule has 0 aliphatic rings. The third-order valence-electron chi connectivity index (χ3n) is 2.19. The van der Waals surface area contributed by atoms with Gasteiger partial charge in [0.1, 0.15) is 11.4 Å². The van der Waals surface area contributed by atoms with E-state index < -0.39 is 5.97 Å². The summed E-state index contributed by atoms with van der Waals surface area (Å²) in [6, 6.07) is 7.25. The number of esters is 1. The van der Waals surface area contributed by atoms with Crippen LogP contribution in [0.3, 0.4) is 0 Å². The highest BCUT2D eigenvalue weighted by molar-refractivity contribution is 5.86. The maximum atomic E-state index is 11.2. The van der Waals surface area contributed by atoms with E-state index in [1.807, 2.05) is 12.1 Å². The molecular weight excluding hydrogens is 222 g/mol. The van der Waals surface area contributed by atoms with Gasteiger partial charge in [-0.3, -0.25) is 0 Å². The first-order valence-electron chi connectivity index (χ1n) is 4.90. The van der Waals surface area contributed by atoms with E-state index in [1.165, 1.54) is 18.1 Å². The first-order chi connectivity index (χ1) is 8.26. The van der Waals surface area contributed by atoms with Crippen molar-refractivity contribution in [2.24, 2.45) is 0 Å². The lowest BCUT2D eigenvalue weighted by Crippen LogP contribution is -2.05. The topological polar surface area (TPSA) is 66.2 Å². The Bertz CT molecular complexity index is 536. The van der Waals surface area contributed by atoms with E-state index in [2.05, 4.69) is 14.9 Å². The minimum Gasteiger partial charge on any atom is -0.494 e. The molecule has 88 valence electrons. The molecule has 6 nitrogen and oxygen atoms in total. The molecule has 0 radical (unpaired) electrons. The zero-order valence-electron chi connectivity index (χ0n) is 9.45. The van der Waals surface area contributed by atoms with Gasteiger partial charge in [0.2, 0.25) is 0 Å². The summed E-state index contributed by atoms with van der Waals surface area (Å²) in [5.74, 6) is 0.102. The molecule has 0 saturated carbocycles. The standard InChI is InChI=1S/C11H11N3O3/c1-16-10-6-4-3-5-9(10)14-12-7-8(13-14)11(15)17-2/h3-7H,1-2H3. The molecule has 1 aromatic carbocycles. The van der Waals surface area contributed by atoms with E-state index >= 15 is 0 Å². The minimum absolute atomic E-state index is 0.151. The van der Waals surface area contributed by atoms with Crippen molar-refractivity contribution in [1.29, 1.82) is 0 Å². The van der Waals surface area contributed by atoms with Crippen LogP contribution in [0.15, 0.2) is 30.5 Å². The van der Waals surface area contributed by atoms with Gasteiger partial charge in [-0.15, -0.1) is 9.90 Å². The molecule has 0 spiro atoms. The highest BCUT2D eigenvalue weighted by Crippen LogP contribution is 2.20. The van der Waals surface area contributed by atoms with Crippen LogP contribution in [-0.2, 0) is 4.74 Å². The van der Waals surface area contributed by atoms with Gasteiger partial charge in [-0.2, -0.15) is 5.10 Å². The smallest absolute Gasteiger partial charge is 0.360 e. The number of aromatic nitrogens is 3. The van der Waals surface area contributed by atoms with Crippen LogP contribution in [0, 0.1) is 0 Å². The van der Waals surface area contributed by atoms with Crippen molar-refractivity contribution < 1.29 is 14.3 Å². The summed E-state index contributed by atoms with van der Waals surface area (Å²) in [5, 5.41) is 8.00. The zero-order chi connectivity index (χ0) is 12.3. The number of benzene rings is 1. The molecule has 0 saturated heterocycles. The number of rotatable bonds is 3. The van der Waals surface area contributed by atoms with Gasteiger partial charge in [-0.05, 0) is 12.1 Å². The maximum Gasteiger partial charge on any atom is 0.360 e. The second kappa shape index (κ2) is 4.65. The number of para-hydroxylation sites is 2. The van der Waals surface area contributed by atoms with Crippen LogP contribution < -0.4 is 4.74 Å². The number of nitrogens with zero attached hydrogens (tertiary/aromatic N) is 3. The van der Waals surface area contributed by atoms with Crippen molar-refractivity contribution in [3.05, 3.63) is 36.2 Å². The lowest BCUT2D eigenvalue weighted by Gasteiger charge is -2.05. The number of hydrogen-bond acceptors (Lipinski definition) is 5. The molecule has 0 aliphatic heterocycles. The van der Waals surface area contributed by atoms with Gasteiger partial charge in [-0.1, -0.05) is 12.1 Å². The molecule has 0 unspecified atom stereocenters. The van der Waals surface area contributed by atoms with Crippen LogP contribution in [0.5, 0.6) is 5.75 Å². The van der Waals surface area contributed by atoms with Crippen molar-refractivity contribution in [3.8, 4) is 11.4 Å². The van der Waals surface area contributed by atoms with Crippen molar-refractivity contribution in [2.75, 3.05) is 14.2 Å². The van der Waals surface area contributed by atoms with Crippen LogP contribution in [0.1, 0.15) is 10.5 Å². The van der Waals surface area contributed by atoms with E-state index in [-0.39, 0.29) is 5.69 Å². The molecule has 2 aromatic rings. The maximum absolute atomic E-state index is 11.2. The summed E-state index contributed by atoms with van der Waals surface area (Å²) >= 11 is 0. The number of methoxy groups -OCH3 is 2. The third-order valence-corrected chi connectivity index (χ3v) is 2.19. The monoisotopic (exact) mass is 233 g/mol. The van der Waals surface area contributed by atoms with Crippen LogP contribution >= 0.6 is 0 Å². The highest BCUT2D eigenvalue weighted by Gasteiger charge is 2.13. The third kappa shape index (κ3) is 2.10. The fraction of sp³-hybridized carbons (Fsp3) is 0.182. The number of carbonyl (C=O) groups excluding carboxylic acids is 1. The van der Waals surface area contributed by atoms with Gasteiger partial charge in [0.15, 0.2) is 5.69 Å². The summed E-state index contributed by atoms with van der Waals surface area (Å²) in [7, 11) is 2.86. The Morgan fingerprint density at radius 2 is 2.06 bits per heavy atom. The Hall–Kier alpha value is -2.37. The summed E-state index contributed by atoms with van der Waals surface area (Å²) < 4.78 is 9.73. The second-order valence-corrected chi connectivity index (χ2v) is 3.18. The molecule has 0 fully saturated rings. The van der Waals surface area contributed by atoms with Gasteiger partial charge < -0.3 is 9.47 Å². The summed E-state index contributed by atoms with van der Waals surface area (Å²) in [6.07, 6.45) is 1.35. The molecule has 0 bridgehead atoms. The van der Waals surface area contributed by atoms with Gasteiger partial charge in [0, 0.05) is 0 Å². The zero-order valence-corrected chi connectivity index (χ0v) is 9.45. The number of hydrogen-bond donors (Lipinski definition) is 0. The quantitative estimate of drug-likeness (QED) is 0.741. The van der Waals surface area contributed by atoms with Crippen molar-refractivity contribution >= 4 is 5.97 Å². The first-order valence-corrected chi connectivity index (χ1v) is 4.90. The van der Waals surface area contributed by atoms with E-state index in [4.69, 9.17) is 4.74 Å². The molecule has 1 aromatic heterocycles. The Kier molecular flexibility index (Phi) is 3.04. The van der Waals surface area contributed by atoms with Crippen molar-refractivity contribution in [3.63, 3.8) is 0 Å². The summed E-state index contributed by atoms with van der Waals surface area (Å²) in [4.78, 5) is 12.6. The molecule has 2 rings (SSSR count). The van der Waals surface area contributed by atoms with Gasteiger partial charge in [0.05, 0.1) is 20.4 Å². The van der Waals surface area contributed by atoms with Gasteiger partial charge in [-0.25, -0.2) is 4.79 Å². The Morgan fingerprint density at radius 3 is 2.76 bits per heavy atom. The number of carbonyl (C=O) groups is 1. The average molecular weight is 233 g/mol. The Morgan fingerprint density at radius 1 is 1.29 bits per heavy atom. The average Bonchev–Trinajstić information content (AvgIpc) is 2.87. The normalized spacial score (nSPS) is 10.0. The van der Waals surface area contributed by atoms with Crippen molar-refractivity contribution in [2.45, 2.75) is 0 Å². The van der Waals surface area contributed by atoms with E-state index in [0.717, 1.165) is 0 Å². The molecule has 6 heteroatoms. The lowest BCUT2D eigenvalue weighted by molar-refractivity contribution is 0.0593. The Balaban J connectivity index is 2.40.